The number of hydrogen-bond acceptors (Lipinski definition) is 6. The zero-order valence-corrected chi connectivity index (χ0v) is 14.6. The van der Waals surface area contributed by atoms with E-state index in [2.05, 4.69) is 14.1 Å². The third-order valence-corrected chi connectivity index (χ3v) is 5.41. The van der Waals surface area contributed by atoms with Crippen LogP contribution in [0.2, 0.25) is 0 Å². The summed E-state index contributed by atoms with van der Waals surface area (Å²) in [6.45, 7) is 1.14. The number of ether oxygens (including phenoxy) is 1. The predicted octanol–water partition coefficient (Wildman–Crippen LogP) is 1.59. The molecule has 1 unspecified atom stereocenters. The molecule has 1 N–H and O–H groups in total. The van der Waals surface area contributed by atoms with Gasteiger partial charge in [-0.25, -0.2) is 0 Å². The first-order valence-electron chi connectivity index (χ1n) is 8.64. The lowest BCUT2D eigenvalue weighted by molar-refractivity contribution is -0.137. The highest BCUT2D eigenvalue weighted by atomic mass is 32.1. The molecule has 0 bridgehead atoms. The second-order valence-corrected chi connectivity index (χ2v) is 7.10. The maximum absolute atomic E-state index is 12.8. The maximum atomic E-state index is 12.8. The number of benzene rings is 1. The van der Waals surface area contributed by atoms with Crippen LogP contribution in [-0.2, 0) is 9.53 Å². The Morgan fingerprint density at radius 3 is 2.84 bits per heavy atom. The molecule has 0 radical (unpaired) electrons. The number of hydrogen-bond donors (Lipinski definition) is 1. The highest BCUT2D eigenvalue weighted by Crippen LogP contribution is 2.19. The van der Waals surface area contributed by atoms with Gasteiger partial charge in [-0.15, -0.1) is 0 Å². The molecule has 0 spiro atoms. The van der Waals surface area contributed by atoms with Crippen LogP contribution in [0.3, 0.4) is 0 Å². The van der Waals surface area contributed by atoms with Crippen molar-refractivity contribution in [3.63, 3.8) is 0 Å². The Labute approximate surface area is 149 Å². The molecule has 2 aromatic rings. The third-order valence-electron chi connectivity index (χ3n) is 4.85. The van der Waals surface area contributed by atoms with Crippen molar-refractivity contribution in [2.45, 2.75) is 37.8 Å². The van der Waals surface area contributed by atoms with Crippen LogP contribution >= 0.6 is 11.7 Å². The molecule has 7 nitrogen and oxygen atoms in total. The number of rotatable bonds is 3. The lowest BCUT2D eigenvalue weighted by Gasteiger charge is -2.32. The minimum Gasteiger partial charge on any atom is -0.365 e. The van der Waals surface area contributed by atoms with E-state index < -0.39 is 6.10 Å². The Kier molecular flexibility index (Phi) is 4.63. The molecule has 1 aliphatic carbocycles. The molecule has 1 aliphatic heterocycles. The van der Waals surface area contributed by atoms with Crippen LogP contribution in [0.1, 0.15) is 36.0 Å². The number of nitrogens with zero attached hydrogens (tertiary/aromatic N) is 3. The summed E-state index contributed by atoms with van der Waals surface area (Å²) in [6.07, 6.45) is 3.79. The summed E-state index contributed by atoms with van der Waals surface area (Å²) >= 11 is 1.13. The van der Waals surface area contributed by atoms with Gasteiger partial charge in [0.2, 0.25) is 0 Å². The summed E-state index contributed by atoms with van der Waals surface area (Å²) in [6, 6.07) is 5.57. The van der Waals surface area contributed by atoms with Crippen molar-refractivity contribution in [2.24, 2.45) is 0 Å². The number of aromatic nitrogens is 2. The molecule has 8 heteroatoms. The highest BCUT2D eigenvalue weighted by Gasteiger charge is 2.31. The SMILES string of the molecule is O=C(NC1CCCC1)C1CN(C(=O)c2ccc3nsnc3c2)CCO1. The third kappa shape index (κ3) is 3.50. The predicted molar refractivity (Wildman–Crippen MR) is 93.5 cm³/mol. The standard InChI is InChI=1S/C17H20N4O3S/c22-16(18-12-3-1-2-4-12)15-10-21(7-8-24-15)17(23)11-5-6-13-14(9-11)20-25-19-13/h5-6,9,12,15H,1-4,7-8,10H2,(H,18,22). The molecule has 1 saturated heterocycles. The lowest BCUT2D eigenvalue weighted by atomic mass is 10.1. The van der Waals surface area contributed by atoms with E-state index >= 15 is 0 Å². The van der Waals surface area contributed by atoms with Crippen molar-refractivity contribution < 1.29 is 14.3 Å². The van der Waals surface area contributed by atoms with Crippen LogP contribution in [0.25, 0.3) is 11.0 Å². The zero-order chi connectivity index (χ0) is 17.2. The molecule has 2 fully saturated rings. The Bertz CT molecular complexity index is 787. The maximum Gasteiger partial charge on any atom is 0.254 e. The van der Waals surface area contributed by atoms with E-state index in [0.29, 0.717) is 18.7 Å². The minimum absolute atomic E-state index is 0.100. The van der Waals surface area contributed by atoms with Gasteiger partial charge in [-0.05, 0) is 31.0 Å². The van der Waals surface area contributed by atoms with E-state index in [9.17, 15) is 9.59 Å². The van der Waals surface area contributed by atoms with E-state index in [-0.39, 0.29) is 24.4 Å². The van der Waals surface area contributed by atoms with Gasteiger partial charge in [0.05, 0.1) is 24.9 Å². The summed E-state index contributed by atoms with van der Waals surface area (Å²) in [4.78, 5) is 26.9. The van der Waals surface area contributed by atoms with Crippen molar-refractivity contribution in [2.75, 3.05) is 19.7 Å². The van der Waals surface area contributed by atoms with Crippen molar-refractivity contribution in [3.05, 3.63) is 23.8 Å². The number of carbonyl (C=O) groups excluding carboxylic acids is 2. The summed E-state index contributed by atoms with van der Waals surface area (Å²) in [5.74, 6) is -0.208. The van der Waals surface area contributed by atoms with E-state index in [1.54, 1.807) is 23.1 Å². The summed E-state index contributed by atoms with van der Waals surface area (Å²) < 4.78 is 13.9. The second-order valence-electron chi connectivity index (χ2n) is 6.57. The van der Waals surface area contributed by atoms with Crippen LogP contribution in [0.5, 0.6) is 0 Å². The number of fused-ring (bicyclic) bond motifs is 1. The molecular weight excluding hydrogens is 340 g/mol. The molecule has 2 aliphatic rings. The van der Waals surface area contributed by atoms with Gasteiger partial charge in [0.1, 0.15) is 11.0 Å². The van der Waals surface area contributed by atoms with Gasteiger partial charge < -0.3 is 15.0 Å². The van der Waals surface area contributed by atoms with Gasteiger partial charge >= 0.3 is 0 Å². The fraction of sp³-hybridized carbons (Fsp3) is 0.529. The molecule has 25 heavy (non-hydrogen) atoms. The molecule has 2 amide bonds. The molecule has 1 aromatic carbocycles. The molecule has 1 aromatic heterocycles. The zero-order valence-electron chi connectivity index (χ0n) is 13.8. The van der Waals surface area contributed by atoms with Crippen molar-refractivity contribution in [1.82, 2.24) is 19.0 Å². The number of morpholine rings is 1. The van der Waals surface area contributed by atoms with Gasteiger partial charge in [-0.2, -0.15) is 8.75 Å². The Balaban J connectivity index is 1.42. The minimum atomic E-state index is -0.594. The van der Waals surface area contributed by atoms with E-state index in [0.717, 1.165) is 48.4 Å². The number of nitrogens with one attached hydrogen (secondary N) is 1. The van der Waals surface area contributed by atoms with Gasteiger partial charge in [0.15, 0.2) is 6.10 Å². The van der Waals surface area contributed by atoms with Gasteiger partial charge in [-0.1, -0.05) is 12.8 Å². The topological polar surface area (TPSA) is 84.4 Å². The number of amides is 2. The average Bonchev–Trinajstić information content (AvgIpc) is 3.32. The van der Waals surface area contributed by atoms with Gasteiger partial charge in [0, 0.05) is 18.2 Å². The van der Waals surface area contributed by atoms with E-state index in [1.807, 2.05) is 0 Å². The first-order chi connectivity index (χ1) is 12.2. The van der Waals surface area contributed by atoms with Crippen LogP contribution in [-0.4, -0.2) is 57.3 Å². The van der Waals surface area contributed by atoms with Gasteiger partial charge in [-0.3, -0.25) is 9.59 Å². The molecule has 132 valence electrons. The second kappa shape index (κ2) is 7.05. The smallest absolute Gasteiger partial charge is 0.254 e. The fourth-order valence-electron chi connectivity index (χ4n) is 3.45. The van der Waals surface area contributed by atoms with Crippen molar-refractivity contribution in [3.8, 4) is 0 Å². The van der Waals surface area contributed by atoms with Crippen LogP contribution in [0.4, 0.5) is 0 Å². The van der Waals surface area contributed by atoms with Crippen LogP contribution in [0, 0.1) is 0 Å². The normalized spacial score (nSPS) is 21.6. The summed E-state index contributed by atoms with van der Waals surface area (Å²) in [5.41, 5.74) is 2.08. The molecule has 4 rings (SSSR count). The monoisotopic (exact) mass is 360 g/mol. The Hall–Kier alpha value is -2.06. The van der Waals surface area contributed by atoms with Crippen LogP contribution < -0.4 is 5.32 Å². The van der Waals surface area contributed by atoms with Crippen molar-refractivity contribution >= 4 is 34.6 Å². The first-order valence-corrected chi connectivity index (χ1v) is 9.37. The molecular formula is C17H20N4O3S. The largest absolute Gasteiger partial charge is 0.365 e. The first kappa shape index (κ1) is 16.4. The fourth-order valence-corrected chi connectivity index (χ4v) is 3.97. The molecule has 2 heterocycles. The summed E-state index contributed by atoms with van der Waals surface area (Å²) in [5, 5.41) is 3.05. The molecule has 1 atom stereocenters. The van der Waals surface area contributed by atoms with Gasteiger partial charge in [0.25, 0.3) is 11.8 Å². The molecule has 1 saturated carbocycles. The Morgan fingerprint density at radius 2 is 2.00 bits per heavy atom. The highest BCUT2D eigenvalue weighted by molar-refractivity contribution is 7.00. The summed E-state index contributed by atoms with van der Waals surface area (Å²) in [7, 11) is 0. The lowest BCUT2D eigenvalue weighted by Crippen LogP contribution is -2.52. The quantitative estimate of drug-likeness (QED) is 0.899. The Morgan fingerprint density at radius 1 is 1.20 bits per heavy atom. The van der Waals surface area contributed by atoms with E-state index in [1.165, 1.54) is 0 Å². The average molecular weight is 360 g/mol. The van der Waals surface area contributed by atoms with E-state index in [4.69, 9.17) is 4.74 Å². The van der Waals surface area contributed by atoms with Crippen molar-refractivity contribution in [1.29, 1.82) is 0 Å². The van der Waals surface area contributed by atoms with Crippen LogP contribution in [0.15, 0.2) is 18.2 Å². The number of carbonyl (C=O) groups is 2.